The van der Waals surface area contributed by atoms with E-state index < -0.39 is 0 Å². The molecule has 3 rings (SSSR count). The van der Waals surface area contributed by atoms with Crippen LogP contribution in [0.1, 0.15) is 23.3 Å². The highest BCUT2D eigenvalue weighted by atomic mass is 79.9. The molecule has 0 saturated carbocycles. The topological polar surface area (TPSA) is 68.3 Å². The Balaban J connectivity index is 0.000000229. The van der Waals surface area contributed by atoms with Crippen molar-refractivity contribution < 1.29 is 14.3 Å². The maximum Gasteiger partial charge on any atom is 0.206 e. The molecule has 0 spiro atoms. The standard InChI is InChI=1S/C12H10BrNO2.C5H9NO/c1-16-7-12(15)11-4-2-8-6-9(13)3-5-10(8)14-11;7-4-5-2-1-3-6-5/h2-6H,7H2,1H3;4-6H,1-3H2/t;5-/m.0/s1. The maximum atomic E-state index is 11.6. The van der Waals surface area contributed by atoms with Gasteiger partial charge >= 0.3 is 0 Å². The largest absolute Gasteiger partial charge is 0.376 e. The van der Waals surface area contributed by atoms with E-state index in [1.54, 1.807) is 6.07 Å². The van der Waals surface area contributed by atoms with Crippen LogP contribution < -0.4 is 5.32 Å². The molecule has 1 saturated heterocycles. The van der Waals surface area contributed by atoms with E-state index in [-0.39, 0.29) is 18.4 Å². The van der Waals surface area contributed by atoms with E-state index >= 15 is 0 Å². The number of aromatic nitrogens is 1. The van der Waals surface area contributed by atoms with Gasteiger partial charge in [0, 0.05) is 17.0 Å². The fourth-order valence-electron chi connectivity index (χ4n) is 2.28. The van der Waals surface area contributed by atoms with E-state index in [2.05, 4.69) is 26.2 Å². The Morgan fingerprint density at radius 1 is 1.43 bits per heavy atom. The number of Topliss-reactive ketones (excluding diaryl/α,β-unsaturated/α-hetero) is 1. The first-order valence-electron chi connectivity index (χ1n) is 7.41. The SMILES string of the molecule is COCC(=O)c1ccc2cc(Br)ccc2n1.O=C[C@@H]1CCCN1. The second-order valence-electron chi connectivity index (χ2n) is 5.23. The van der Waals surface area contributed by atoms with Crippen LogP contribution in [0.25, 0.3) is 10.9 Å². The summed E-state index contributed by atoms with van der Waals surface area (Å²) >= 11 is 3.39. The molecule has 1 fully saturated rings. The van der Waals surface area contributed by atoms with Crippen LogP contribution in [0, 0.1) is 0 Å². The number of pyridine rings is 1. The second kappa shape index (κ2) is 8.86. The van der Waals surface area contributed by atoms with Crippen molar-refractivity contribution in [2.45, 2.75) is 18.9 Å². The first-order valence-corrected chi connectivity index (χ1v) is 8.20. The van der Waals surface area contributed by atoms with Gasteiger partial charge in [-0.2, -0.15) is 0 Å². The minimum Gasteiger partial charge on any atom is -0.376 e. The highest BCUT2D eigenvalue weighted by Gasteiger charge is 2.10. The number of rotatable bonds is 4. The normalized spacial score (nSPS) is 16.7. The fourth-order valence-corrected chi connectivity index (χ4v) is 2.66. The summed E-state index contributed by atoms with van der Waals surface area (Å²) in [7, 11) is 1.50. The Hall–Kier alpha value is -1.63. The number of carbonyl (C=O) groups is 2. The number of benzene rings is 1. The Morgan fingerprint density at radius 3 is 2.87 bits per heavy atom. The predicted molar refractivity (Wildman–Crippen MR) is 92.7 cm³/mol. The van der Waals surface area contributed by atoms with Crippen molar-refractivity contribution in [2.75, 3.05) is 20.3 Å². The molecule has 0 aliphatic carbocycles. The zero-order valence-corrected chi connectivity index (χ0v) is 14.5. The molecule has 0 bridgehead atoms. The van der Waals surface area contributed by atoms with Gasteiger partial charge in [0.15, 0.2) is 0 Å². The number of nitrogens with zero attached hydrogens (tertiary/aromatic N) is 1. The number of ether oxygens (including phenoxy) is 1. The summed E-state index contributed by atoms with van der Waals surface area (Å²) in [5.74, 6) is -0.104. The quantitative estimate of drug-likeness (QED) is 0.654. The van der Waals surface area contributed by atoms with E-state index in [9.17, 15) is 9.59 Å². The molecule has 0 amide bonds. The van der Waals surface area contributed by atoms with Gasteiger partial charge < -0.3 is 14.8 Å². The van der Waals surface area contributed by atoms with Crippen molar-refractivity contribution in [3.63, 3.8) is 0 Å². The van der Waals surface area contributed by atoms with Gasteiger partial charge in [0.05, 0.1) is 11.6 Å². The molecule has 2 heterocycles. The molecule has 23 heavy (non-hydrogen) atoms. The van der Waals surface area contributed by atoms with E-state index in [1.807, 2.05) is 24.3 Å². The van der Waals surface area contributed by atoms with Gasteiger partial charge in [0.25, 0.3) is 0 Å². The van der Waals surface area contributed by atoms with Crippen molar-refractivity contribution in [3.8, 4) is 0 Å². The van der Waals surface area contributed by atoms with Crippen LogP contribution in [0.2, 0.25) is 0 Å². The first kappa shape index (κ1) is 17.7. The van der Waals surface area contributed by atoms with Crippen LogP contribution in [-0.4, -0.2) is 43.4 Å². The van der Waals surface area contributed by atoms with E-state index in [1.165, 1.54) is 7.11 Å². The van der Waals surface area contributed by atoms with Crippen LogP contribution >= 0.6 is 15.9 Å². The summed E-state index contributed by atoms with van der Waals surface area (Å²) in [6, 6.07) is 9.52. The molecule has 0 unspecified atom stereocenters. The van der Waals surface area contributed by atoms with Crippen molar-refractivity contribution in [2.24, 2.45) is 0 Å². The van der Waals surface area contributed by atoms with Crippen molar-refractivity contribution in [1.29, 1.82) is 0 Å². The fraction of sp³-hybridized carbons (Fsp3) is 0.353. The van der Waals surface area contributed by atoms with Crippen LogP contribution in [0.5, 0.6) is 0 Å². The Kier molecular flexibility index (Phi) is 6.83. The lowest BCUT2D eigenvalue weighted by atomic mass is 10.2. The van der Waals surface area contributed by atoms with E-state index in [4.69, 9.17) is 4.74 Å². The smallest absolute Gasteiger partial charge is 0.206 e. The average molecular weight is 379 g/mol. The Bertz CT molecular complexity index is 685. The van der Waals surface area contributed by atoms with Crippen LogP contribution in [0.15, 0.2) is 34.8 Å². The molecule has 1 aliphatic rings. The zero-order chi connectivity index (χ0) is 16.7. The molecule has 6 heteroatoms. The van der Waals surface area contributed by atoms with E-state index in [0.717, 1.165) is 41.0 Å². The van der Waals surface area contributed by atoms with Gasteiger partial charge in [-0.15, -0.1) is 0 Å². The van der Waals surface area contributed by atoms with Crippen LogP contribution in [0.3, 0.4) is 0 Å². The third-order valence-electron chi connectivity index (χ3n) is 3.48. The van der Waals surface area contributed by atoms with Gasteiger partial charge in [0.2, 0.25) is 5.78 Å². The maximum absolute atomic E-state index is 11.6. The lowest BCUT2D eigenvalue weighted by Gasteiger charge is -2.02. The number of fused-ring (bicyclic) bond motifs is 1. The Morgan fingerprint density at radius 2 is 2.26 bits per heavy atom. The predicted octanol–water partition coefficient (Wildman–Crippen LogP) is 2.76. The van der Waals surface area contributed by atoms with Gasteiger partial charge in [0.1, 0.15) is 18.6 Å². The summed E-state index contributed by atoms with van der Waals surface area (Å²) in [6.07, 6.45) is 3.17. The number of hydrogen-bond donors (Lipinski definition) is 1. The lowest BCUT2D eigenvalue weighted by molar-refractivity contribution is -0.109. The highest BCUT2D eigenvalue weighted by Crippen LogP contribution is 2.18. The number of methoxy groups -OCH3 is 1. The average Bonchev–Trinajstić information content (AvgIpc) is 3.09. The molecule has 1 atom stereocenters. The molecule has 5 nitrogen and oxygen atoms in total. The summed E-state index contributed by atoms with van der Waals surface area (Å²) in [5, 5.41) is 4.04. The van der Waals surface area contributed by atoms with Crippen molar-refractivity contribution in [1.82, 2.24) is 10.3 Å². The van der Waals surface area contributed by atoms with Crippen molar-refractivity contribution >= 4 is 38.9 Å². The molecule has 1 N–H and O–H groups in total. The molecule has 1 aromatic carbocycles. The zero-order valence-electron chi connectivity index (χ0n) is 12.9. The molecular formula is C17H19BrN2O3. The Labute approximate surface area is 143 Å². The van der Waals surface area contributed by atoms with Crippen LogP contribution in [0.4, 0.5) is 0 Å². The number of aldehydes is 1. The number of carbonyl (C=O) groups excluding carboxylic acids is 2. The minimum absolute atomic E-state index is 0.0645. The third-order valence-corrected chi connectivity index (χ3v) is 3.97. The lowest BCUT2D eigenvalue weighted by Crippen LogP contribution is -2.21. The summed E-state index contributed by atoms with van der Waals surface area (Å²) < 4.78 is 5.79. The number of ketones is 1. The van der Waals surface area contributed by atoms with Gasteiger partial charge in [-0.05, 0) is 43.7 Å². The van der Waals surface area contributed by atoms with Crippen molar-refractivity contribution in [3.05, 3.63) is 40.5 Å². The number of halogens is 1. The van der Waals surface area contributed by atoms with Gasteiger partial charge in [-0.3, -0.25) is 4.79 Å². The summed E-state index contributed by atoms with van der Waals surface area (Å²) in [6.45, 7) is 1.08. The monoisotopic (exact) mass is 378 g/mol. The summed E-state index contributed by atoms with van der Waals surface area (Å²) in [4.78, 5) is 25.8. The number of nitrogens with one attached hydrogen (secondary N) is 1. The van der Waals surface area contributed by atoms with Gasteiger partial charge in [-0.1, -0.05) is 22.0 Å². The third kappa shape index (κ3) is 5.20. The molecule has 1 aliphatic heterocycles. The first-order chi connectivity index (χ1) is 11.1. The van der Waals surface area contributed by atoms with Gasteiger partial charge in [-0.25, -0.2) is 4.98 Å². The van der Waals surface area contributed by atoms with Crippen LogP contribution in [-0.2, 0) is 9.53 Å². The highest BCUT2D eigenvalue weighted by molar-refractivity contribution is 9.10. The molecule has 122 valence electrons. The summed E-state index contributed by atoms with van der Waals surface area (Å²) in [5.41, 5.74) is 1.25. The number of hydrogen-bond acceptors (Lipinski definition) is 5. The second-order valence-corrected chi connectivity index (χ2v) is 6.14. The minimum atomic E-state index is -0.104. The molecular weight excluding hydrogens is 360 g/mol. The molecule has 2 aromatic rings. The molecule has 1 aromatic heterocycles. The molecule has 0 radical (unpaired) electrons. The van der Waals surface area contributed by atoms with E-state index in [0.29, 0.717) is 5.69 Å².